The number of carbonyl (C=O) groups is 3. The summed E-state index contributed by atoms with van der Waals surface area (Å²) in [4.78, 5) is 42.4. The number of hydrogen-bond donors (Lipinski definition) is 5. The number of nitrogens with two attached hydrogens (primary N) is 1. The average Bonchev–Trinajstić information content (AvgIpc) is 2.90. The fourth-order valence-electron chi connectivity index (χ4n) is 4.05. The second-order valence-corrected chi connectivity index (χ2v) is 9.84. The zero-order valence-electron chi connectivity index (χ0n) is 21.9. The Balaban J connectivity index is 1.73. The quantitative estimate of drug-likeness (QED) is 0.206. The van der Waals surface area contributed by atoms with Crippen LogP contribution in [0.15, 0.2) is 66.7 Å². The molecule has 0 saturated carbocycles. The average molecular weight is 520 g/mol. The summed E-state index contributed by atoms with van der Waals surface area (Å²) in [5.41, 5.74) is 7.06. The van der Waals surface area contributed by atoms with Crippen LogP contribution in [0.4, 0.5) is 0 Å². The van der Waals surface area contributed by atoms with E-state index >= 15 is 0 Å². The third-order valence-corrected chi connectivity index (χ3v) is 6.20. The van der Waals surface area contributed by atoms with Crippen LogP contribution >= 0.6 is 0 Å². The molecule has 38 heavy (non-hydrogen) atoms. The smallest absolute Gasteiger partial charge is 0.270 e. The van der Waals surface area contributed by atoms with Crippen LogP contribution in [0, 0.1) is 5.92 Å². The Morgan fingerprint density at radius 2 is 1.66 bits per heavy atom. The van der Waals surface area contributed by atoms with Gasteiger partial charge in [0.05, 0.1) is 24.1 Å². The van der Waals surface area contributed by atoms with Crippen LogP contribution in [0.1, 0.15) is 42.7 Å². The number of benzene rings is 2. The zero-order valence-corrected chi connectivity index (χ0v) is 21.9. The fourth-order valence-corrected chi connectivity index (χ4v) is 4.05. The van der Waals surface area contributed by atoms with Crippen molar-refractivity contribution in [1.29, 1.82) is 0 Å². The normalized spacial score (nSPS) is 13.6. The van der Waals surface area contributed by atoms with Crippen LogP contribution < -0.4 is 21.7 Å². The molecular formula is C29H37N5O4. The minimum atomic E-state index is -1.23. The number of aliphatic hydroxyl groups excluding tert-OH is 1. The molecular weight excluding hydrogens is 482 g/mol. The van der Waals surface area contributed by atoms with E-state index < -0.39 is 42.3 Å². The first-order valence-electron chi connectivity index (χ1n) is 12.9. The number of carbonyl (C=O) groups excluding carboxylic acids is 3. The van der Waals surface area contributed by atoms with E-state index in [-0.39, 0.29) is 12.2 Å². The molecule has 0 bridgehead atoms. The molecule has 202 valence electrons. The highest BCUT2D eigenvalue weighted by atomic mass is 16.3. The summed E-state index contributed by atoms with van der Waals surface area (Å²) in [7, 11) is 0. The van der Waals surface area contributed by atoms with Crippen LogP contribution in [-0.4, -0.2) is 59.1 Å². The summed E-state index contributed by atoms with van der Waals surface area (Å²) < 4.78 is 0. The monoisotopic (exact) mass is 519 g/mol. The highest BCUT2D eigenvalue weighted by Gasteiger charge is 2.29. The molecule has 9 heteroatoms. The Bertz CT molecular complexity index is 1220. The molecule has 0 spiro atoms. The topological polar surface area (TPSA) is 146 Å². The molecule has 2 aromatic carbocycles. The summed E-state index contributed by atoms with van der Waals surface area (Å²) in [6.45, 7) is 5.26. The molecule has 1 heterocycles. The maximum atomic E-state index is 13.3. The minimum Gasteiger partial charge on any atom is -0.390 e. The van der Waals surface area contributed by atoms with Gasteiger partial charge in [-0.1, -0.05) is 68.4 Å². The van der Waals surface area contributed by atoms with Gasteiger partial charge in [-0.2, -0.15) is 0 Å². The van der Waals surface area contributed by atoms with Crippen molar-refractivity contribution in [2.45, 2.75) is 51.3 Å². The first-order chi connectivity index (χ1) is 18.2. The fraction of sp³-hybridized carbons (Fsp3) is 0.379. The molecule has 0 aliphatic carbocycles. The third kappa shape index (κ3) is 8.93. The molecule has 3 unspecified atom stereocenters. The van der Waals surface area contributed by atoms with Crippen LogP contribution in [-0.2, 0) is 16.0 Å². The van der Waals surface area contributed by atoms with Gasteiger partial charge in [-0.05, 0) is 43.0 Å². The van der Waals surface area contributed by atoms with Crippen molar-refractivity contribution in [3.8, 4) is 0 Å². The van der Waals surface area contributed by atoms with Crippen molar-refractivity contribution in [2.75, 3.05) is 13.1 Å². The van der Waals surface area contributed by atoms with Gasteiger partial charge < -0.3 is 26.8 Å². The number of primary amides is 1. The molecule has 9 nitrogen and oxygen atoms in total. The van der Waals surface area contributed by atoms with E-state index in [4.69, 9.17) is 5.73 Å². The maximum absolute atomic E-state index is 13.3. The highest BCUT2D eigenvalue weighted by Crippen LogP contribution is 2.12. The number of fused-ring (bicyclic) bond motifs is 1. The molecule has 0 aliphatic heterocycles. The number of aromatic nitrogens is 1. The number of nitrogens with one attached hydrogen (secondary N) is 3. The van der Waals surface area contributed by atoms with Crippen molar-refractivity contribution < 1.29 is 19.5 Å². The first-order valence-corrected chi connectivity index (χ1v) is 12.9. The molecule has 3 aromatic rings. The van der Waals surface area contributed by atoms with Crippen LogP contribution in [0.2, 0.25) is 0 Å². The summed E-state index contributed by atoms with van der Waals surface area (Å²) in [6, 6.07) is 18.2. The van der Waals surface area contributed by atoms with Gasteiger partial charge in [-0.3, -0.25) is 14.4 Å². The van der Waals surface area contributed by atoms with E-state index in [1.54, 1.807) is 18.2 Å². The lowest BCUT2D eigenvalue weighted by molar-refractivity contribution is -0.128. The summed E-state index contributed by atoms with van der Waals surface area (Å²) in [5.74, 6) is -1.44. The predicted molar refractivity (Wildman–Crippen MR) is 147 cm³/mol. The van der Waals surface area contributed by atoms with Gasteiger partial charge in [0.2, 0.25) is 11.8 Å². The molecule has 3 rings (SSSR count). The molecule has 6 N–H and O–H groups in total. The third-order valence-electron chi connectivity index (χ3n) is 6.20. The number of amides is 3. The van der Waals surface area contributed by atoms with Gasteiger partial charge in [0.25, 0.3) is 5.91 Å². The number of aliphatic hydroxyl groups is 1. The lowest BCUT2D eigenvalue weighted by atomic mass is 10.00. The van der Waals surface area contributed by atoms with Crippen LogP contribution in [0.5, 0.6) is 0 Å². The van der Waals surface area contributed by atoms with Gasteiger partial charge in [0.15, 0.2) is 0 Å². The number of pyridine rings is 1. The van der Waals surface area contributed by atoms with Crippen LogP contribution in [0.3, 0.4) is 0 Å². The Morgan fingerprint density at radius 1 is 0.947 bits per heavy atom. The summed E-state index contributed by atoms with van der Waals surface area (Å²) in [5, 5.41) is 20.5. The number of para-hydroxylation sites is 1. The largest absolute Gasteiger partial charge is 0.390 e. The van der Waals surface area contributed by atoms with Crippen molar-refractivity contribution >= 4 is 28.6 Å². The number of hydrogen-bond acceptors (Lipinski definition) is 6. The molecule has 0 aliphatic rings. The molecule has 3 atom stereocenters. The standard InChI is InChI=1S/C29H37N5O4/c1-19(2)14-15-31-18-26(35)24(16-20-8-4-3-5-9-20)33-29(38)25(17-27(30)36)34-28(37)23-13-12-21-10-6-7-11-22(21)32-23/h3-13,19,24-26,31,35H,14-18H2,1-2H3,(H2,30,36)(H,33,38)(H,34,37). The van der Waals surface area contributed by atoms with Gasteiger partial charge in [0, 0.05) is 11.9 Å². The highest BCUT2D eigenvalue weighted by molar-refractivity contribution is 5.99. The van der Waals surface area contributed by atoms with Crippen LogP contribution in [0.25, 0.3) is 10.9 Å². The zero-order chi connectivity index (χ0) is 27.5. The molecule has 0 fully saturated rings. The van der Waals surface area contributed by atoms with E-state index in [0.29, 0.717) is 17.9 Å². The molecule has 1 aromatic heterocycles. The second-order valence-electron chi connectivity index (χ2n) is 9.84. The Labute approximate surface area is 223 Å². The number of nitrogens with zero attached hydrogens (tertiary/aromatic N) is 1. The first kappa shape index (κ1) is 28.7. The predicted octanol–water partition coefficient (Wildman–Crippen LogP) is 1.93. The summed E-state index contributed by atoms with van der Waals surface area (Å²) >= 11 is 0. The molecule has 3 amide bonds. The van der Waals surface area contributed by atoms with E-state index in [0.717, 1.165) is 23.9 Å². The second kappa shape index (κ2) is 14.2. The van der Waals surface area contributed by atoms with Gasteiger partial charge >= 0.3 is 0 Å². The van der Waals surface area contributed by atoms with Crippen molar-refractivity contribution in [1.82, 2.24) is 20.9 Å². The van der Waals surface area contributed by atoms with Crippen molar-refractivity contribution in [3.63, 3.8) is 0 Å². The summed E-state index contributed by atoms with van der Waals surface area (Å²) in [6.07, 6.45) is 0.0193. The van der Waals surface area contributed by atoms with Gasteiger partial charge in [0.1, 0.15) is 11.7 Å². The van der Waals surface area contributed by atoms with Gasteiger partial charge in [-0.25, -0.2) is 4.98 Å². The Kier molecular flexibility index (Phi) is 10.7. The van der Waals surface area contributed by atoms with Crippen molar-refractivity contribution in [3.05, 3.63) is 78.0 Å². The van der Waals surface area contributed by atoms with Gasteiger partial charge in [-0.15, -0.1) is 0 Å². The van der Waals surface area contributed by atoms with Crippen molar-refractivity contribution in [2.24, 2.45) is 11.7 Å². The minimum absolute atomic E-state index is 0.112. The Morgan fingerprint density at radius 3 is 2.37 bits per heavy atom. The van der Waals surface area contributed by atoms with E-state index in [9.17, 15) is 19.5 Å². The van der Waals surface area contributed by atoms with E-state index in [1.165, 1.54) is 0 Å². The lowest BCUT2D eigenvalue weighted by Gasteiger charge is -2.27. The molecule has 0 saturated heterocycles. The lowest BCUT2D eigenvalue weighted by Crippen LogP contribution is -2.55. The maximum Gasteiger partial charge on any atom is 0.270 e. The number of rotatable bonds is 14. The van der Waals surface area contributed by atoms with E-state index in [2.05, 4.69) is 34.8 Å². The Hall–Kier alpha value is -3.82. The van der Waals surface area contributed by atoms with E-state index in [1.807, 2.05) is 48.5 Å². The SMILES string of the molecule is CC(C)CCNCC(O)C(Cc1ccccc1)NC(=O)C(CC(N)=O)NC(=O)c1ccc2ccccc2n1. The molecule has 0 radical (unpaired) electrons.